The predicted molar refractivity (Wildman–Crippen MR) is 79.5 cm³/mol. The van der Waals surface area contributed by atoms with Gasteiger partial charge in [0.15, 0.2) is 0 Å². The van der Waals surface area contributed by atoms with E-state index in [1.54, 1.807) is 0 Å². The van der Waals surface area contributed by atoms with Crippen molar-refractivity contribution in [1.82, 2.24) is 9.88 Å². The van der Waals surface area contributed by atoms with Gasteiger partial charge in [-0.25, -0.2) is 0 Å². The lowest BCUT2D eigenvalue weighted by molar-refractivity contribution is -0.122. The maximum Gasteiger partial charge on any atom is 0.240 e. The highest BCUT2D eigenvalue weighted by molar-refractivity contribution is 6.31. The average molecular weight is 279 g/mol. The molecule has 0 fully saturated rings. The Morgan fingerprint density at radius 1 is 1.42 bits per heavy atom. The van der Waals surface area contributed by atoms with E-state index in [9.17, 15) is 4.79 Å². The lowest BCUT2D eigenvalue weighted by Crippen LogP contribution is -2.34. The van der Waals surface area contributed by atoms with Crippen LogP contribution in [0.2, 0.25) is 5.02 Å². The molecule has 19 heavy (non-hydrogen) atoms. The fraction of sp³-hybridized carbons (Fsp3) is 0.400. The van der Waals surface area contributed by atoms with Gasteiger partial charge in [-0.3, -0.25) is 4.79 Å². The third kappa shape index (κ3) is 3.51. The number of nitrogens with one attached hydrogen (secondary N) is 1. The number of halogens is 1. The van der Waals surface area contributed by atoms with Crippen molar-refractivity contribution in [2.45, 2.75) is 39.3 Å². The minimum atomic E-state index is 0.0402. The Kier molecular flexibility index (Phi) is 4.48. The van der Waals surface area contributed by atoms with E-state index in [-0.39, 0.29) is 11.9 Å². The van der Waals surface area contributed by atoms with Crippen molar-refractivity contribution < 1.29 is 4.79 Å². The highest BCUT2D eigenvalue weighted by Gasteiger charge is 2.09. The first-order valence-corrected chi connectivity index (χ1v) is 7.01. The third-order valence-electron chi connectivity index (χ3n) is 3.18. The fourth-order valence-corrected chi connectivity index (χ4v) is 2.44. The number of aromatic nitrogens is 1. The largest absolute Gasteiger partial charge is 0.352 e. The summed E-state index contributed by atoms with van der Waals surface area (Å²) < 4.78 is 1.93. The number of hydrogen-bond donors (Lipinski definition) is 1. The van der Waals surface area contributed by atoms with Crippen LogP contribution in [0.1, 0.15) is 26.7 Å². The van der Waals surface area contributed by atoms with Crippen molar-refractivity contribution in [3.63, 3.8) is 0 Å². The first-order valence-electron chi connectivity index (χ1n) is 6.64. The zero-order valence-electron chi connectivity index (χ0n) is 11.3. The van der Waals surface area contributed by atoms with E-state index in [1.165, 1.54) is 0 Å². The molecular weight excluding hydrogens is 260 g/mol. The minimum absolute atomic E-state index is 0.0402. The van der Waals surface area contributed by atoms with Gasteiger partial charge in [0.05, 0.1) is 0 Å². The topological polar surface area (TPSA) is 34.0 Å². The molecule has 2 rings (SSSR count). The average Bonchev–Trinajstić information content (AvgIpc) is 2.72. The highest BCUT2D eigenvalue weighted by Crippen LogP contribution is 2.20. The van der Waals surface area contributed by atoms with Crippen LogP contribution in [-0.4, -0.2) is 16.5 Å². The van der Waals surface area contributed by atoms with Crippen LogP contribution in [0.15, 0.2) is 30.5 Å². The summed E-state index contributed by atoms with van der Waals surface area (Å²) in [7, 11) is 0. The third-order valence-corrected chi connectivity index (χ3v) is 3.41. The molecule has 0 aliphatic heterocycles. The van der Waals surface area contributed by atoms with Crippen molar-refractivity contribution in [2.24, 2.45) is 0 Å². The van der Waals surface area contributed by atoms with Crippen molar-refractivity contribution in [1.29, 1.82) is 0 Å². The number of carbonyl (C=O) groups is 1. The van der Waals surface area contributed by atoms with Gasteiger partial charge in [0, 0.05) is 22.8 Å². The second kappa shape index (κ2) is 6.11. The van der Waals surface area contributed by atoms with Crippen LogP contribution in [0, 0.1) is 0 Å². The number of carbonyl (C=O) groups excluding carboxylic acids is 1. The molecule has 1 amide bonds. The maximum absolute atomic E-state index is 12.0. The molecular formula is C15H19ClN2O. The summed E-state index contributed by atoms with van der Waals surface area (Å²) in [5, 5.41) is 4.79. The number of hydrogen-bond acceptors (Lipinski definition) is 1. The predicted octanol–water partition coefficient (Wildman–Crippen LogP) is 3.60. The SMILES string of the molecule is CCCC(C)NC(=O)Cn1ccc2ccc(Cl)cc21. The van der Waals surface area contributed by atoms with E-state index in [0.29, 0.717) is 11.6 Å². The van der Waals surface area contributed by atoms with Crippen LogP contribution in [0.4, 0.5) is 0 Å². The molecule has 0 saturated carbocycles. The minimum Gasteiger partial charge on any atom is -0.352 e. The van der Waals surface area contributed by atoms with Gasteiger partial charge in [-0.05, 0) is 36.9 Å². The molecule has 1 atom stereocenters. The van der Waals surface area contributed by atoms with E-state index < -0.39 is 0 Å². The van der Waals surface area contributed by atoms with Crippen LogP contribution in [0.5, 0.6) is 0 Å². The van der Waals surface area contributed by atoms with Gasteiger partial charge < -0.3 is 9.88 Å². The summed E-state index contributed by atoms with van der Waals surface area (Å²) in [5.41, 5.74) is 0.991. The molecule has 1 unspecified atom stereocenters. The quantitative estimate of drug-likeness (QED) is 0.891. The molecule has 2 aromatic rings. The number of fused-ring (bicyclic) bond motifs is 1. The second-order valence-corrected chi connectivity index (χ2v) is 5.34. The standard InChI is InChI=1S/C15H19ClN2O/c1-3-4-11(2)17-15(19)10-18-8-7-12-5-6-13(16)9-14(12)18/h5-9,11H,3-4,10H2,1-2H3,(H,17,19). The van der Waals surface area contributed by atoms with Crippen LogP contribution in [0.25, 0.3) is 10.9 Å². The molecule has 3 nitrogen and oxygen atoms in total. The molecule has 1 aromatic carbocycles. The Hall–Kier alpha value is -1.48. The van der Waals surface area contributed by atoms with E-state index >= 15 is 0 Å². The number of nitrogens with zero attached hydrogens (tertiary/aromatic N) is 1. The Bertz CT molecular complexity index is 577. The summed E-state index contributed by atoms with van der Waals surface area (Å²) in [5.74, 6) is 0.0402. The lowest BCUT2D eigenvalue weighted by Gasteiger charge is -2.13. The van der Waals surface area contributed by atoms with Gasteiger partial charge in [0.25, 0.3) is 0 Å². The lowest BCUT2D eigenvalue weighted by atomic mass is 10.2. The normalized spacial score (nSPS) is 12.6. The molecule has 0 aliphatic carbocycles. The number of benzene rings is 1. The summed E-state index contributed by atoms with van der Waals surface area (Å²) >= 11 is 6.00. The molecule has 0 spiro atoms. The van der Waals surface area contributed by atoms with Gasteiger partial charge >= 0.3 is 0 Å². The second-order valence-electron chi connectivity index (χ2n) is 4.90. The van der Waals surface area contributed by atoms with E-state index in [4.69, 9.17) is 11.6 Å². The van der Waals surface area contributed by atoms with Crippen LogP contribution >= 0.6 is 11.6 Å². The van der Waals surface area contributed by atoms with Crippen molar-refractivity contribution >= 4 is 28.4 Å². The molecule has 0 bridgehead atoms. The van der Waals surface area contributed by atoms with Crippen molar-refractivity contribution in [3.8, 4) is 0 Å². The molecule has 0 aliphatic rings. The highest BCUT2D eigenvalue weighted by atomic mass is 35.5. The Labute approximate surface area is 118 Å². The van der Waals surface area contributed by atoms with Crippen LogP contribution in [-0.2, 0) is 11.3 Å². The van der Waals surface area contributed by atoms with Gasteiger partial charge in [-0.2, -0.15) is 0 Å². The first-order chi connectivity index (χ1) is 9.10. The summed E-state index contributed by atoms with van der Waals surface area (Å²) in [6.45, 7) is 4.48. The summed E-state index contributed by atoms with van der Waals surface area (Å²) in [6.07, 6.45) is 4.00. The smallest absolute Gasteiger partial charge is 0.240 e. The zero-order chi connectivity index (χ0) is 13.8. The maximum atomic E-state index is 12.0. The fourth-order valence-electron chi connectivity index (χ4n) is 2.28. The molecule has 0 radical (unpaired) electrons. The van der Waals surface area contributed by atoms with E-state index in [1.807, 2.05) is 42.0 Å². The van der Waals surface area contributed by atoms with Gasteiger partial charge in [-0.15, -0.1) is 0 Å². The molecule has 1 N–H and O–H groups in total. The summed E-state index contributed by atoms with van der Waals surface area (Å²) in [6, 6.07) is 7.93. The number of amides is 1. The monoisotopic (exact) mass is 278 g/mol. The molecule has 102 valence electrons. The Morgan fingerprint density at radius 2 is 2.21 bits per heavy atom. The van der Waals surface area contributed by atoms with Gasteiger partial charge in [0.1, 0.15) is 6.54 Å². The van der Waals surface area contributed by atoms with Gasteiger partial charge in [-0.1, -0.05) is 31.0 Å². The van der Waals surface area contributed by atoms with E-state index in [0.717, 1.165) is 23.7 Å². The molecule has 1 aromatic heterocycles. The Balaban J connectivity index is 2.08. The Morgan fingerprint density at radius 3 is 2.95 bits per heavy atom. The first kappa shape index (κ1) is 13.9. The van der Waals surface area contributed by atoms with Crippen LogP contribution in [0.3, 0.4) is 0 Å². The summed E-state index contributed by atoms with van der Waals surface area (Å²) in [4.78, 5) is 12.0. The molecule has 1 heterocycles. The van der Waals surface area contributed by atoms with Gasteiger partial charge in [0.2, 0.25) is 5.91 Å². The molecule has 4 heteroatoms. The van der Waals surface area contributed by atoms with Crippen molar-refractivity contribution in [3.05, 3.63) is 35.5 Å². The number of rotatable bonds is 5. The zero-order valence-corrected chi connectivity index (χ0v) is 12.1. The molecule has 0 saturated heterocycles. The van der Waals surface area contributed by atoms with Crippen LogP contribution < -0.4 is 5.32 Å². The van der Waals surface area contributed by atoms with E-state index in [2.05, 4.69) is 12.2 Å². The van der Waals surface area contributed by atoms with Crippen molar-refractivity contribution in [2.75, 3.05) is 0 Å².